The first-order valence-electron chi connectivity index (χ1n) is 10.1. The van der Waals surface area contributed by atoms with Crippen molar-refractivity contribution in [1.82, 2.24) is 20.5 Å². The third kappa shape index (κ3) is 6.42. The van der Waals surface area contributed by atoms with Gasteiger partial charge < -0.3 is 20.3 Å². The van der Waals surface area contributed by atoms with E-state index in [-0.39, 0.29) is 5.82 Å². The van der Waals surface area contributed by atoms with E-state index in [1.165, 1.54) is 12.1 Å². The molecule has 0 spiro atoms. The van der Waals surface area contributed by atoms with Gasteiger partial charge in [0.15, 0.2) is 5.96 Å². The highest BCUT2D eigenvalue weighted by Crippen LogP contribution is 2.19. The van der Waals surface area contributed by atoms with Crippen molar-refractivity contribution < 1.29 is 9.13 Å². The molecule has 0 radical (unpaired) electrons. The second-order valence-electron chi connectivity index (χ2n) is 7.53. The summed E-state index contributed by atoms with van der Waals surface area (Å²) in [5.74, 6) is 1.54. The van der Waals surface area contributed by atoms with Crippen LogP contribution >= 0.6 is 0 Å². The number of aromatic nitrogens is 1. The van der Waals surface area contributed by atoms with Crippen LogP contribution in [0, 0.1) is 5.82 Å². The van der Waals surface area contributed by atoms with Crippen molar-refractivity contribution in [1.29, 1.82) is 0 Å². The smallest absolute Gasteiger partial charge is 0.219 e. The average Bonchev–Trinajstić information content (AvgIpc) is 2.74. The van der Waals surface area contributed by atoms with Gasteiger partial charge >= 0.3 is 0 Å². The summed E-state index contributed by atoms with van der Waals surface area (Å²) in [6.45, 7) is 7.35. The molecular formula is C22H30FN5O. The van der Waals surface area contributed by atoms with E-state index in [2.05, 4.69) is 39.4 Å². The van der Waals surface area contributed by atoms with Crippen molar-refractivity contribution in [3.8, 4) is 11.6 Å². The van der Waals surface area contributed by atoms with Gasteiger partial charge in [0, 0.05) is 51.0 Å². The number of nitrogens with zero attached hydrogens (tertiary/aromatic N) is 3. The van der Waals surface area contributed by atoms with Crippen LogP contribution in [0.2, 0.25) is 0 Å². The molecule has 1 saturated heterocycles. The summed E-state index contributed by atoms with van der Waals surface area (Å²) in [5, 5.41) is 6.87. The highest BCUT2D eigenvalue weighted by molar-refractivity contribution is 5.79. The molecule has 0 amide bonds. The summed E-state index contributed by atoms with van der Waals surface area (Å²) in [7, 11) is 1.79. The number of likely N-dealkylation sites (tertiary alicyclic amines) is 1. The number of benzene rings is 1. The van der Waals surface area contributed by atoms with Crippen LogP contribution in [-0.4, -0.2) is 48.1 Å². The van der Waals surface area contributed by atoms with Crippen LogP contribution in [0.3, 0.4) is 0 Å². The van der Waals surface area contributed by atoms with E-state index in [0.29, 0.717) is 30.3 Å². The van der Waals surface area contributed by atoms with Crippen molar-refractivity contribution in [2.45, 2.75) is 45.3 Å². The molecule has 156 valence electrons. The van der Waals surface area contributed by atoms with Gasteiger partial charge in [-0.1, -0.05) is 6.07 Å². The topological polar surface area (TPSA) is 61.8 Å². The lowest BCUT2D eigenvalue weighted by molar-refractivity contribution is 0.167. The Hall–Kier alpha value is -2.67. The molecule has 2 heterocycles. The van der Waals surface area contributed by atoms with E-state index in [1.54, 1.807) is 31.4 Å². The summed E-state index contributed by atoms with van der Waals surface area (Å²) in [4.78, 5) is 11.2. The zero-order valence-electron chi connectivity index (χ0n) is 17.4. The SMILES string of the molecule is CN=C(NCc1ccc(Oc2ccc(F)cc2)nc1)NC1CCN(C(C)C)CC1. The molecule has 29 heavy (non-hydrogen) atoms. The second-order valence-corrected chi connectivity index (χ2v) is 7.53. The third-order valence-corrected chi connectivity index (χ3v) is 5.12. The molecule has 6 nitrogen and oxygen atoms in total. The van der Waals surface area contributed by atoms with E-state index in [4.69, 9.17) is 4.74 Å². The molecule has 1 aliphatic rings. The molecule has 1 aromatic heterocycles. The summed E-state index contributed by atoms with van der Waals surface area (Å²) in [5.41, 5.74) is 1.02. The predicted octanol–water partition coefficient (Wildman–Crippen LogP) is 3.55. The van der Waals surface area contributed by atoms with Gasteiger partial charge in [-0.15, -0.1) is 0 Å². The standard InChI is InChI=1S/C22H30FN5O/c1-16(2)28-12-10-19(11-13-28)27-22(24-3)26-15-17-4-9-21(25-14-17)29-20-7-5-18(23)6-8-20/h4-9,14,16,19H,10-13,15H2,1-3H3,(H2,24,26,27). The van der Waals surface area contributed by atoms with E-state index in [0.717, 1.165) is 37.5 Å². The average molecular weight is 400 g/mol. The zero-order valence-corrected chi connectivity index (χ0v) is 17.4. The largest absolute Gasteiger partial charge is 0.439 e. The molecule has 0 unspecified atom stereocenters. The molecule has 7 heteroatoms. The minimum absolute atomic E-state index is 0.292. The molecule has 2 aromatic rings. The highest BCUT2D eigenvalue weighted by atomic mass is 19.1. The first-order valence-corrected chi connectivity index (χ1v) is 10.1. The third-order valence-electron chi connectivity index (χ3n) is 5.12. The van der Waals surface area contributed by atoms with Crippen molar-refractivity contribution in [3.63, 3.8) is 0 Å². The molecule has 0 aliphatic carbocycles. The van der Waals surface area contributed by atoms with E-state index < -0.39 is 0 Å². The molecule has 3 rings (SSSR count). The van der Waals surface area contributed by atoms with Crippen LogP contribution in [0.4, 0.5) is 4.39 Å². The predicted molar refractivity (Wildman–Crippen MR) is 114 cm³/mol. The number of hydrogen-bond donors (Lipinski definition) is 2. The molecule has 1 aliphatic heterocycles. The number of pyridine rings is 1. The first-order chi connectivity index (χ1) is 14.0. The van der Waals surface area contributed by atoms with Crippen LogP contribution in [0.15, 0.2) is 47.6 Å². The van der Waals surface area contributed by atoms with Crippen molar-refractivity contribution in [2.75, 3.05) is 20.1 Å². The molecule has 2 N–H and O–H groups in total. The number of hydrogen-bond acceptors (Lipinski definition) is 4. The Kier molecular flexibility index (Phi) is 7.41. The normalized spacial score (nSPS) is 16.1. The summed E-state index contributed by atoms with van der Waals surface area (Å²) in [6.07, 6.45) is 4.01. The van der Waals surface area contributed by atoms with Crippen LogP contribution in [-0.2, 0) is 6.54 Å². The van der Waals surface area contributed by atoms with Gasteiger partial charge in [-0.3, -0.25) is 4.99 Å². The van der Waals surface area contributed by atoms with Gasteiger partial charge in [0.1, 0.15) is 11.6 Å². The maximum absolute atomic E-state index is 13.0. The fraction of sp³-hybridized carbons (Fsp3) is 0.455. The number of nitrogens with one attached hydrogen (secondary N) is 2. The van der Waals surface area contributed by atoms with E-state index in [1.807, 2.05) is 6.07 Å². The fourth-order valence-electron chi connectivity index (χ4n) is 3.33. The number of ether oxygens (including phenoxy) is 1. The maximum atomic E-state index is 13.0. The lowest BCUT2D eigenvalue weighted by atomic mass is 10.0. The molecule has 1 aromatic carbocycles. The summed E-state index contributed by atoms with van der Waals surface area (Å²) in [6, 6.07) is 10.7. The van der Waals surface area contributed by atoms with Crippen LogP contribution in [0.5, 0.6) is 11.6 Å². The summed E-state index contributed by atoms with van der Waals surface area (Å²) >= 11 is 0. The van der Waals surface area contributed by atoms with Crippen molar-refractivity contribution in [2.24, 2.45) is 4.99 Å². The maximum Gasteiger partial charge on any atom is 0.219 e. The number of rotatable bonds is 6. The minimum atomic E-state index is -0.292. The van der Waals surface area contributed by atoms with Crippen LogP contribution < -0.4 is 15.4 Å². The van der Waals surface area contributed by atoms with E-state index >= 15 is 0 Å². The molecular weight excluding hydrogens is 369 g/mol. The lowest BCUT2D eigenvalue weighted by Gasteiger charge is -2.35. The van der Waals surface area contributed by atoms with Gasteiger partial charge in [0.25, 0.3) is 0 Å². The van der Waals surface area contributed by atoms with Crippen LogP contribution in [0.25, 0.3) is 0 Å². The van der Waals surface area contributed by atoms with Gasteiger partial charge in [0.05, 0.1) is 0 Å². The fourth-order valence-corrected chi connectivity index (χ4v) is 3.33. The summed E-state index contributed by atoms with van der Waals surface area (Å²) < 4.78 is 18.6. The van der Waals surface area contributed by atoms with Gasteiger partial charge in [0.2, 0.25) is 5.88 Å². The number of piperidine rings is 1. The lowest BCUT2D eigenvalue weighted by Crippen LogP contribution is -2.49. The highest BCUT2D eigenvalue weighted by Gasteiger charge is 2.21. The number of aliphatic imine (C=N–C) groups is 1. The van der Waals surface area contributed by atoms with Crippen molar-refractivity contribution >= 4 is 5.96 Å². The molecule has 1 fully saturated rings. The molecule has 0 atom stereocenters. The Labute approximate surface area is 172 Å². The Morgan fingerprint density at radius 3 is 2.52 bits per heavy atom. The molecule has 0 saturated carbocycles. The zero-order chi connectivity index (χ0) is 20.6. The monoisotopic (exact) mass is 399 g/mol. The Balaban J connectivity index is 1.45. The Bertz CT molecular complexity index is 784. The second kappa shape index (κ2) is 10.2. The van der Waals surface area contributed by atoms with Crippen LogP contribution in [0.1, 0.15) is 32.3 Å². The number of guanidine groups is 1. The number of halogens is 1. The van der Waals surface area contributed by atoms with Gasteiger partial charge in [-0.05, 0) is 56.5 Å². The quantitative estimate of drug-likeness (QED) is 0.575. The Morgan fingerprint density at radius 2 is 1.93 bits per heavy atom. The molecule has 0 bridgehead atoms. The minimum Gasteiger partial charge on any atom is -0.439 e. The Morgan fingerprint density at radius 1 is 1.21 bits per heavy atom. The van der Waals surface area contributed by atoms with Crippen molar-refractivity contribution in [3.05, 3.63) is 54.0 Å². The van der Waals surface area contributed by atoms with E-state index in [9.17, 15) is 4.39 Å². The van der Waals surface area contributed by atoms with Gasteiger partial charge in [-0.25, -0.2) is 9.37 Å². The first kappa shape index (κ1) is 21.0. The van der Waals surface area contributed by atoms with Gasteiger partial charge in [-0.2, -0.15) is 0 Å².